The van der Waals surface area contributed by atoms with Crippen LogP contribution in [0.1, 0.15) is 27.8 Å². The smallest absolute Gasteiger partial charge is 0.266 e. The van der Waals surface area contributed by atoms with Gasteiger partial charge in [-0.1, -0.05) is 42.5 Å². The summed E-state index contributed by atoms with van der Waals surface area (Å²) in [6.45, 7) is 0. The van der Waals surface area contributed by atoms with Crippen molar-refractivity contribution in [1.29, 1.82) is 0 Å². The van der Waals surface area contributed by atoms with Crippen LogP contribution in [0.25, 0.3) is 27.5 Å². The predicted molar refractivity (Wildman–Crippen MR) is 119 cm³/mol. The first kappa shape index (κ1) is 16.6. The third kappa shape index (κ3) is 2.03. The molecule has 6 heteroatoms. The number of amides is 1. The van der Waals surface area contributed by atoms with E-state index in [4.69, 9.17) is 4.98 Å². The molecule has 0 bridgehead atoms. The summed E-state index contributed by atoms with van der Waals surface area (Å²) in [4.78, 5) is 37.5. The molecule has 4 heterocycles. The molecule has 7 rings (SSSR count). The van der Waals surface area contributed by atoms with E-state index in [1.165, 1.54) is 0 Å². The van der Waals surface area contributed by atoms with Gasteiger partial charge in [-0.2, -0.15) is 0 Å². The van der Waals surface area contributed by atoms with Gasteiger partial charge in [-0.25, -0.2) is 4.98 Å². The first-order valence-electron chi connectivity index (χ1n) is 10.3. The number of H-pyrrole nitrogens is 1. The average Bonchev–Trinajstić information content (AvgIpc) is 3.32. The summed E-state index contributed by atoms with van der Waals surface area (Å²) in [6.07, 6.45) is 0.601. The van der Waals surface area contributed by atoms with E-state index in [9.17, 15) is 9.59 Å². The first-order chi connectivity index (χ1) is 15.2. The van der Waals surface area contributed by atoms with Gasteiger partial charge in [0.05, 0.1) is 22.2 Å². The molecule has 1 atom stereocenters. The summed E-state index contributed by atoms with van der Waals surface area (Å²) in [7, 11) is 0. The molecule has 2 aromatic heterocycles. The van der Waals surface area contributed by atoms with Crippen LogP contribution in [-0.2, 0) is 6.42 Å². The van der Waals surface area contributed by atoms with E-state index >= 15 is 0 Å². The third-order valence-corrected chi connectivity index (χ3v) is 6.44. The largest absolute Gasteiger partial charge is 0.341 e. The molecule has 31 heavy (non-hydrogen) atoms. The minimum absolute atomic E-state index is 0.125. The number of aromatic nitrogens is 3. The Morgan fingerprint density at radius 1 is 0.871 bits per heavy atom. The molecule has 2 aliphatic heterocycles. The zero-order valence-corrected chi connectivity index (χ0v) is 16.4. The fraction of sp³-hybridized carbons (Fsp3) is 0.0800. The number of carbonyl (C=O) groups is 1. The van der Waals surface area contributed by atoms with Gasteiger partial charge >= 0.3 is 0 Å². The minimum atomic E-state index is -0.358. The van der Waals surface area contributed by atoms with Crippen LogP contribution in [-0.4, -0.2) is 20.4 Å². The van der Waals surface area contributed by atoms with Gasteiger partial charge in [0.2, 0.25) is 0 Å². The minimum Gasteiger partial charge on any atom is -0.341 e. The third-order valence-electron chi connectivity index (χ3n) is 6.44. The quantitative estimate of drug-likeness (QED) is 0.422. The van der Waals surface area contributed by atoms with Gasteiger partial charge < -0.3 is 4.98 Å². The monoisotopic (exact) mass is 404 g/mol. The molecule has 0 radical (unpaired) electrons. The number of para-hydroxylation sites is 3. The maximum atomic E-state index is 13.8. The Hall–Kier alpha value is -4.19. The highest BCUT2D eigenvalue weighted by Crippen LogP contribution is 2.46. The lowest BCUT2D eigenvalue weighted by Crippen LogP contribution is -2.33. The Bertz CT molecular complexity index is 1630. The van der Waals surface area contributed by atoms with Crippen molar-refractivity contribution >= 4 is 33.5 Å². The van der Waals surface area contributed by atoms with Crippen LogP contribution in [0.4, 0.5) is 5.82 Å². The highest BCUT2D eigenvalue weighted by atomic mass is 16.2. The lowest BCUT2D eigenvalue weighted by molar-refractivity contribution is 0.0980. The van der Waals surface area contributed by atoms with Crippen molar-refractivity contribution in [2.24, 2.45) is 0 Å². The molecular formula is C25H16N4O2. The number of nitrogens with zero attached hydrogens (tertiary/aromatic N) is 3. The van der Waals surface area contributed by atoms with Crippen molar-refractivity contribution in [3.63, 3.8) is 0 Å². The van der Waals surface area contributed by atoms with Crippen molar-refractivity contribution < 1.29 is 4.79 Å². The molecule has 1 amide bonds. The van der Waals surface area contributed by atoms with Crippen LogP contribution in [0.15, 0.2) is 77.6 Å². The standard InChI is InChI=1S/C25H16N4O2/c30-24-15-8-2-5-11-19(15)27-23-21-13-17-14-7-1-4-10-18(14)26-22(17)29(21)25(31)16-9-3-6-12-20(16)28(23)24/h1-12,21,26H,13H2/t21-/m0/s1. The number of benzene rings is 3. The topological polar surface area (TPSA) is 71.0 Å². The van der Waals surface area contributed by atoms with Crippen LogP contribution in [0, 0.1) is 0 Å². The van der Waals surface area contributed by atoms with E-state index in [0.29, 0.717) is 34.4 Å². The highest BCUT2D eigenvalue weighted by Gasteiger charge is 2.43. The molecule has 0 fully saturated rings. The lowest BCUT2D eigenvalue weighted by Gasteiger charge is -2.23. The first-order valence-corrected chi connectivity index (χ1v) is 10.3. The maximum Gasteiger partial charge on any atom is 0.266 e. The van der Waals surface area contributed by atoms with Gasteiger partial charge in [-0.05, 0) is 30.3 Å². The van der Waals surface area contributed by atoms with Crippen LogP contribution in [0.2, 0.25) is 0 Å². The van der Waals surface area contributed by atoms with Crippen LogP contribution in [0.3, 0.4) is 0 Å². The Morgan fingerprint density at radius 2 is 1.61 bits per heavy atom. The summed E-state index contributed by atoms with van der Waals surface area (Å²) >= 11 is 0. The Labute approximate surface area is 176 Å². The van der Waals surface area contributed by atoms with E-state index in [0.717, 1.165) is 22.3 Å². The number of fused-ring (bicyclic) bond motifs is 10. The number of carbonyl (C=O) groups excluding carboxylic acids is 1. The molecule has 0 spiro atoms. The SMILES string of the molecule is O=C1c2ccccc2-n2c(nc3ccccc3c2=O)[C@@H]2Cc3c([nH]c4ccccc34)N12. The van der Waals surface area contributed by atoms with Gasteiger partial charge in [0.15, 0.2) is 0 Å². The van der Waals surface area contributed by atoms with Crippen molar-refractivity contribution in [3.05, 3.63) is 100 Å². The highest BCUT2D eigenvalue weighted by molar-refractivity contribution is 6.12. The number of hydrogen-bond donors (Lipinski definition) is 1. The van der Waals surface area contributed by atoms with Crippen LogP contribution >= 0.6 is 0 Å². The second kappa shape index (κ2) is 5.70. The Morgan fingerprint density at radius 3 is 2.52 bits per heavy atom. The van der Waals surface area contributed by atoms with Gasteiger partial charge in [0, 0.05) is 22.9 Å². The molecular weight excluding hydrogens is 388 g/mol. The summed E-state index contributed by atoms with van der Waals surface area (Å²) in [5, 5.41) is 1.64. The van der Waals surface area contributed by atoms with E-state index in [-0.39, 0.29) is 17.5 Å². The molecule has 0 saturated heterocycles. The fourth-order valence-corrected chi connectivity index (χ4v) is 5.07. The van der Waals surface area contributed by atoms with Gasteiger partial charge in [0.25, 0.3) is 11.5 Å². The van der Waals surface area contributed by atoms with Crippen LogP contribution < -0.4 is 10.5 Å². The summed E-state index contributed by atoms with van der Waals surface area (Å²) in [5.74, 6) is 1.26. The summed E-state index contributed by atoms with van der Waals surface area (Å²) < 4.78 is 1.63. The van der Waals surface area contributed by atoms with Gasteiger partial charge in [0.1, 0.15) is 17.7 Å². The zero-order valence-electron chi connectivity index (χ0n) is 16.4. The second-order valence-corrected chi connectivity index (χ2v) is 8.04. The van der Waals surface area contributed by atoms with Crippen molar-refractivity contribution in [1.82, 2.24) is 14.5 Å². The van der Waals surface area contributed by atoms with Crippen LogP contribution in [0.5, 0.6) is 0 Å². The molecule has 1 N–H and O–H groups in total. The zero-order chi connectivity index (χ0) is 20.7. The van der Waals surface area contributed by atoms with Crippen molar-refractivity contribution in [3.8, 4) is 5.69 Å². The number of nitrogens with one attached hydrogen (secondary N) is 1. The Balaban J connectivity index is 1.61. The van der Waals surface area contributed by atoms with Gasteiger partial charge in [-0.15, -0.1) is 0 Å². The predicted octanol–water partition coefficient (Wildman–Crippen LogP) is 4.12. The molecule has 5 aromatic rings. The number of rotatable bonds is 0. The molecule has 148 valence electrons. The number of anilines is 1. The normalized spacial score (nSPS) is 16.7. The van der Waals surface area contributed by atoms with Crippen molar-refractivity contribution in [2.75, 3.05) is 4.90 Å². The average molecular weight is 404 g/mol. The Kier molecular flexibility index (Phi) is 3.05. The fourth-order valence-electron chi connectivity index (χ4n) is 5.07. The molecule has 6 nitrogen and oxygen atoms in total. The summed E-state index contributed by atoms with van der Waals surface area (Å²) in [5.41, 5.74) is 3.66. The molecule has 3 aromatic carbocycles. The maximum absolute atomic E-state index is 13.8. The molecule has 2 aliphatic rings. The van der Waals surface area contributed by atoms with E-state index < -0.39 is 0 Å². The molecule has 0 unspecified atom stereocenters. The van der Waals surface area contributed by atoms with E-state index in [1.54, 1.807) is 21.6 Å². The van der Waals surface area contributed by atoms with Crippen molar-refractivity contribution in [2.45, 2.75) is 12.5 Å². The van der Waals surface area contributed by atoms with E-state index in [2.05, 4.69) is 11.1 Å². The number of hydrogen-bond acceptors (Lipinski definition) is 3. The second-order valence-electron chi connectivity index (χ2n) is 8.04. The molecule has 0 aliphatic carbocycles. The number of aromatic amines is 1. The van der Waals surface area contributed by atoms with Gasteiger partial charge in [-0.3, -0.25) is 19.1 Å². The molecule has 0 saturated carbocycles. The lowest BCUT2D eigenvalue weighted by atomic mass is 10.1. The summed E-state index contributed by atoms with van der Waals surface area (Å²) in [6, 6.07) is 22.3. The van der Waals surface area contributed by atoms with E-state index in [1.807, 2.05) is 54.6 Å².